The average Bonchev–Trinajstić information content (AvgIpc) is 2.78. The molecule has 3 aliphatic rings. The van der Waals surface area contributed by atoms with Crippen molar-refractivity contribution in [3.63, 3.8) is 0 Å². The zero-order chi connectivity index (χ0) is 24.5. The molecule has 5 unspecified atom stereocenters. The number of hydrogen-bond acceptors (Lipinski definition) is 9. The molecule has 1 saturated heterocycles. The third-order valence-corrected chi connectivity index (χ3v) is 6.77. The molecule has 0 aromatic heterocycles. The number of aliphatic hydroxyl groups is 3. The summed E-state index contributed by atoms with van der Waals surface area (Å²) < 4.78 is 11.2. The number of aliphatic hydroxyl groups excluding tert-OH is 3. The van der Waals surface area contributed by atoms with Crippen LogP contribution in [0.5, 0.6) is 11.5 Å². The minimum atomic E-state index is -1.62. The molecule has 2 aromatic rings. The van der Waals surface area contributed by atoms with Crippen molar-refractivity contribution in [3.8, 4) is 11.5 Å². The van der Waals surface area contributed by atoms with Crippen LogP contribution in [0.15, 0.2) is 24.3 Å². The number of fused-ring (bicyclic) bond motifs is 4. The number of carbonyl (C=O) groups is 3. The van der Waals surface area contributed by atoms with E-state index in [9.17, 15) is 34.8 Å². The van der Waals surface area contributed by atoms with Gasteiger partial charge in [-0.05, 0) is 37.0 Å². The van der Waals surface area contributed by atoms with Gasteiger partial charge in [-0.25, -0.2) is 0 Å². The maximum atomic E-state index is 13.6. The highest BCUT2D eigenvalue weighted by atomic mass is 16.7. The van der Waals surface area contributed by atoms with E-state index in [1.165, 1.54) is 31.2 Å². The predicted octanol–water partition coefficient (Wildman–Crippen LogP) is 1.14. The summed E-state index contributed by atoms with van der Waals surface area (Å²) in [5.41, 5.74) is 0.214. The molecule has 34 heavy (non-hydrogen) atoms. The lowest BCUT2D eigenvalue weighted by atomic mass is 9.74. The molecular weight excluding hydrogens is 444 g/mol. The minimum Gasteiger partial charge on any atom is -0.507 e. The highest BCUT2D eigenvalue weighted by Gasteiger charge is 2.45. The Morgan fingerprint density at radius 1 is 0.882 bits per heavy atom. The molecule has 0 bridgehead atoms. The average molecular weight is 468 g/mol. The van der Waals surface area contributed by atoms with Crippen LogP contribution in [0.1, 0.15) is 68.0 Å². The van der Waals surface area contributed by atoms with E-state index < -0.39 is 48.0 Å². The van der Waals surface area contributed by atoms with Crippen molar-refractivity contribution in [2.45, 2.75) is 57.4 Å². The maximum Gasteiger partial charge on any atom is 0.229 e. The van der Waals surface area contributed by atoms with E-state index in [4.69, 9.17) is 9.47 Å². The molecule has 4 N–H and O–H groups in total. The molecule has 9 heteroatoms. The fraction of sp³-hybridized carbons (Fsp3) is 0.400. The molecule has 6 atom stereocenters. The van der Waals surface area contributed by atoms with E-state index in [2.05, 4.69) is 0 Å². The van der Waals surface area contributed by atoms with E-state index in [0.717, 1.165) is 0 Å². The Labute approximate surface area is 194 Å². The van der Waals surface area contributed by atoms with Gasteiger partial charge in [0.05, 0.1) is 17.2 Å². The molecule has 0 radical (unpaired) electrons. The number of aromatic hydroxyl groups is 1. The molecule has 0 spiro atoms. The molecule has 9 nitrogen and oxygen atoms in total. The van der Waals surface area contributed by atoms with Gasteiger partial charge in [-0.15, -0.1) is 0 Å². The van der Waals surface area contributed by atoms with Gasteiger partial charge in [-0.2, -0.15) is 0 Å². The van der Waals surface area contributed by atoms with Crippen LogP contribution in [0.25, 0.3) is 0 Å². The number of phenols is 1. The first-order valence-corrected chi connectivity index (χ1v) is 11.1. The molecule has 178 valence electrons. The standard InChI is InChI=1S/C25H24O9/c1-9-6-11-8-14(27)18-19(16(11)13(26)7-9)21(29)12-4-3-5-15(17(12)22(18)30)34-25-24(32)23(31)20(28)10(2)33-25/h3-5,8-10,20,23-25,27-28,31-32H,6-7H2,1-2H3/t9-,10?,20?,23?,24?,25?/m0/s1. The molecular formula is C25H24O9. The molecule has 1 fully saturated rings. The number of hydrogen-bond donors (Lipinski definition) is 4. The highest BCUT2D eigenvalue weighted by molar-refractivity contribution is 6.32. The van der Waals surface area contributed by atoms with Crippen molar-refractivity contribution < 1.29 is 44.3 Å². The summed E-state index contributed by atoms with van der Waals surface area (Å²) in [6, 6.07) is 5.68. The molecule has 2 aliphatic carbocycles. The lowest BCUT2D eigenvalue weighted by Gasteiger charge is -2.39. The van der Waals surface area contributed by atoms with Gasteiger partial charge in [-0.1, -0.05) is 19.1 Å². The lowest BCUT2D eigenvalue weighted by Crippen LogP contribution is -2.58. The van der Waals surface area contributed by atoms with Gasteiger partial charge in [-0.3, -0.25) is 14.4 Å². The fourth-order valence-electron chi connectivity index (χ4n) is 5.07. The Kier molecular flexibility index (Phi) is 5.33. The first-order chi connectivity index (χ1) is 16.1. The Morgan fingerprint density at radius 2 is 1.62 bits per heavy atom. The van der Waals surface area contributed by atoms with Crippen LogP contribution in [0.3, 0.4) is 0 Å². The summed E-state index contributed by atoms with van der Waals surface area (Å²) in [5, 5.41) is 41.0. The third kappa shape index (κ3) is 3.27. The zero-order valence-corrected chi connectivity index (χ0v) is 18.5. The van der Waals surface area contributed by atoms with Crippen molar-refractivity contribution >= 4 is 17.3 Å². The second kappa shape index (κ2) is 7.99. The van der Waals surface area contributed by atoms with Gasteiger partial charge < -0.3 is 29.9 Å². The van der Waals surface area contributed by atoms with Crippen LogP contribution in [-0.4, -0.2) is 68.5 Å². The second-order valence-electron chi connectivity index (χ2n) is 9.25. The summed E-state index contributed by atoms with van der Waals surface area (Å²) in [7, 11) is 0. The van der Waals surface area contributed by atoms with Crippen LogP contribution < -0.4 is 4.74 Å². The van der Waals surface area contributed by atoms with Crippen LogP contribution in [0.4, 0.5) is 0 Å². The summed E-state index contributed by atoms with van der Waals surface area (Å²) in [5.74, 6) is -1.97. The van der Waals surface area contributed by atoms with Crippen LogP contribution >= 0.6 is 0 Å². The van der Waals surface area contributed by atoms with E-state index in [-0.39, 0.29) is 51.7 Å². The molecule has 1 heterocycles. The van der Waals surface area contributed by atoms with Crippen molar-refractivity contribution in [2.24, 2.45) is 5.92 Å². The largest absolute Gasteiger partial charge is 0.507 e. The highest BCUT2D eigenvalue weighted by Crippen LogP contribution is 2.42. The van der Waals surface area contributed by atoms with E-state index in [1.54, 1.807) is 0 Å². The number of ether oxygens (including phenoxy) is 2. The number of benzene rings is 2. The lowest BCUT2D eigenvalue weighted by molar-refractivity contribution is -0.268. The van der Waals surface area contributed by atoms with Crippen LogP contribution in [-0.2, 0) is 11.2 Å². The van der Waals surface area contributed by atoms with Crippen LogP contribution in [0, 0.1) is 5.92 Å². The number of rotatable bonds is 2. The fourth-order valence-corrected chi connectivity index (χ4v) is 5.07. The van der Waals surface area contributed by atoms with Gasteiger partial charge in [0.25, 0.3) is 0 Å². The number of ketones is 3. The van der Waals surface area contributed by atoms with Crippen molar-refractivity contribution in [1.29, 1.82) is 0 Å². The second-order valence-corrected chi connectivity index (χ2v) is 9.25. The van der Waals surface area contributed by atoms with E-state index in [0.29, 0.717) is 12.0 Å². The van der Waals surface area contributed by atoms with Gasteiger partial charge in [0.1, 0.15) is 29.8 Å². The Balaban J connectivity index is 1.60. The Hall–Kier alpha value is -3.11. The molecule has 0 saturated carbocycles. The predicted molar refractivity (Wildman–Crippen MR) is 116 cm³/mol. The minimum absolute atomic E-state index is 0.00634. The summed E-state index contributed by atoms with van der Waals surface area (Å²) in [6.07, 6.45) is -6.06. The Bertz CT molecular complexity index is 1230. The smallest absolute Gasteiger partial charge is 0.229 e. The number of carbonyl (C=O) groups excluding carboxylic acids is 3. The molecule has 2 aromatic carbocycles. The molecule has 1 aliphatic heterocycles. The topological polar surface area (TPSA) is 151 Å². The van der Waals surface area contributed by atoms with E-state index >= 15 is 0 Å². The maximum absolute atomic E-state index is 13.6. The number of Topliss-reactive ketones (excluding diaryl/α,β-unsaturated/α-hetero) is 1. The zero-order valence-electron chi connectivity index (χ0n) is 18.5. The molecule has 0 amide bonds. The summed E-state index contributed by atoms with van der Waals surface area (Å²) in [6.45, 7) is 3.39. The first kappa shape index (κ1) is 22.7. The third-order valence-electron chi connectivity index (χ3n) is 6.77. The Morgan fingerprint density at radius 3 is 2.35 bits per heavy atom. The van der Waals surface area contributed by atoms with E-state index in [1.807, 2.05) is 6.92 Å². The first-order valence-electron chi connectivity index (χ1n) is 11.1. The van der Waals surface area contributed by atoms with Crippen molar-refractivity contribution in [1.82, 2.24) is 0 Å². The normalized spacial score (nSPS) is 30.4. The number of phenolic OH excluding ortho intramolecular Hbond substituents is 1. The summed E-state index contributed by atoms with van der Waals surface area (Å²) >= 11 is 0. The summed E-state index contributed by atoms with van der Waals surface area (Å²) in [4.78, 5) is 39.9. The van der Waals surface area contributed by atoms with Gasteiger partial charge in [0.2, 0.25) is 12.1 Å². The monoisotopic (exact) mass is 468 g/mol. The molecule has 5 rings (SSSR count). The van der Waals surface area contributed by atoms with Gasteiger partial charge in [0, 0.05) is 23.1 Å². The van der Waals surface area contributed by atoms with Crippen LogP contribution in [0.2, 0.25) is 0 Å². The SMILES string of the molecule is CC1OC(Oc2cccc3c2C(=O)c2c(O)cc4c(c2C3=O)C(=O)C[C@@H](C)C4)C(O)C(O)C1O. The van der Waals surface area contributed by atoms with Crippen molar-refractivity contribution in [3.05, 3.63) is 57.6 Å². The van der Waals surface area contributed by atoms with Gasteiger partial charge in [0.15, 0.2) is 11.6 Å². The van der Waals surface area contributed by atoms with Gasteiger partial charge >= 0.3 is 0 Å². The van der Waals surface area contributed by atoms with Crippen molar-refractivity contribution in [2.75, 3.05) is 0 Å². The quantitative estimate of drug-likeness (QED) is 0.434.